The Morgan fingerprint density at radius 2 is 1.35 bits per heavy atom. The maximum atomic E-state index is 5.40. The molecule has 0 unspecified atom stereocenters. The number of benzene rings is 2. The lowest BCUT2D eigenvalue weighted by Crippen LogP contribution is -2.01. The first-order valence-corrected chi connectivity index (χ1v) is 7.94. The van der Waals surface area contributed by atoms with E-state index in [0.717, 1.165) is 17.1 Å². The second-order valence-electron chi connectivity index (χ2n) is 5.30. The van der Waals surface area contributed by atoms with Gasteiger partial charge in [-0.1, -0.05) is 12.1 Å². The Morgan fingerprint density at radius 1 is 0.692 bits per heavy atom. The molecule has 0 bridgehead atoms. The third-order valence-corrected chi connectivity index (χ3v) is 3.71. The Bertz CT molecular complexity index is 886. The molecule has 0 aliphatic carbocycles. The highest BCUT2D eigenvalue weighted by atomic mass is 16.5. The first kappa shape index (κ1) is 17.3. The summed E-state index contributed by atoms with van der Waals surface area (Å²) in [6.45, 7) is 0. The van der Waals surface area contributed by atoms with Crippen molar-refractivity contribution in [3.63, 3.8) is 0 Å². The summed E-state index contributed by atoms with van der Waals surface area (Å²) >= 11 is 0. The first-order valence-electron chi connectivity index (χ1n) is 7.94. The third-order valence-electron chi connectivity index (χ3n) is 3.71. The molecule has 7 heteroatoms. The Balaban J connectivity index is 1.82. The van der Waals surface area contributed by atoms with Crippen LogP contribution in [0.3, 0.4) is 0 Å². The molecular formula is C19H20N4O3. The van der Waals surface area contributed by atoms with Crippen LogP contribution in [0.2, 0.25) is 0 Å². The minimum atomic E-state index is 0.626. The van der Waals surface area contributed by atoms with E-state index in [2.05, 4.69) is 20.6 Å². The number of methoxy groups -OCH3 is 3. The zero-order valence-corrected chi connectivity index (χ0v) is 14.8. The van der Waals surface area contributed by atoms with Crippen molar-refractivity contribution >= 4 is 23.0 Å². The van der Waals surface area contributed by atoms with E-state index in [9.17, 15) is 0 Å². The molecule has 0 aliphatic rings. The second kappa shape index (κ2) is 8.06. The van der Waals surface area contributed by atoms with Crippen LogP contribution in [0.15, 0.2) is 54.9 Å². The molecule has 3 rings (SSSR count). The summed E-state index contributed by atoms with van der Waals surface area (Å²) in [7, 11) is 4.85. The topological polar surface area (TPSA) is 77.5 Å². The maximum absolute atomic E-state index is 5.40. The Labute approximate surface area is 152 Å². The largest absolute Gasteiger partial charge is 0.497 e. The molecule has 2 N–H and O–H groups in total. The minimum absolute atomic E-state index is 0.626. The van der Waals surface area contributed by atoms with Gasteiger partial charge in [-0.15, -0.1) is 0 Å². The number of ether oxygens (including phenoxy) is 3. The van der Waals surface area contributed by atoms with Gasteiger partial charge in [-0.3, -0.25) is 0 Å². The number of hydrogen-bond acceptors (Lipinski definition) is 7. The number of hydrogen-bond donors (Lipinski definition) is 2. The first-order chi connectivity index (χ1) is 12.7. The zero-order chi connectivity index (χ0) is 18.4. The van der Waals surface area contributed by atoms with E-state index in [1.807, 2.05) is 36.4 Å². The van der Waals surface area contributed by atoms with Crippen molar-refractivity contribution in [3.8, 4) is 17.2 Å². The lowest BCUT2D eigenvalue weighted by molar-refractivity contribution is 0.395. The summed E-state index contributed by atoms with van der Waals surface area (Å²) in [6.07, 6.45) is 1.48. The smallest absolute Gasteiger partial charge is 0.146 e. The second-order valence-corrected chi connectivity index (χ2v) is 5.30. The van der Waals surface area contributed by atoms with E-state index in [0.29, 0.717) is 23.1 Å². The van der Waals surface area contributed by atoms with Gasteiger partial charge < -0.3 is 24.8 Å². The van der Waals surface area contributed by atoms with Crippen molar-refractivity contribution in [1.29, 1.82) is 0 Å². The highest BCUT2D eigenvalue weighted by molar-refractivity contribution is 5.69. The summed E-state index contributed by atoms with van der Waals surface area (Å²) < 4.78 is 16.0. The van der Waals surface area contributed by atoms with Crippen molar-refractivity contribution in [2.24, 2.45) is 0 Å². The molecule has 0 saturated carbocycles. The maximum Gasteiger partial charge on any atom is 0.146 e. The summed E-state index contributed by atoms with van der Waals surface area (Å²) in [4.78, 5) is 8.51. The van der Waals surface area contributed by atoms with Crippen LogP contribution in [0.1, 0.15) is 0 Å². The number of para-hydroxylation sites is 2. The van der Waals surface area contributed by atoms with Gasteiger partial charge in [0, 0.05) is 12.1 Å². The summed E-state index contributed by atoms with van der Waals surface area (Å²) in [5.74, 6) is 3.37. The quantitative estimate of drug-likeness (QED) is 0.666. The van der Waals surface area contributed by atoms with Gasteiger partial charge in [0.25, 0.3) is 0 Å². The van der Waals surface area contributed by atoms with Crippen LogP contribution in [0.25, 0.3) is 0 Å². The van der Waals surface area contributed by atoms with Gasteiger partial charge in [0.2, 0.25) is 0 Å². The zero-order valence-electron chi connectivity index (χ0n) is 14.8. The van der Waals surface area contributed by atoms with Crippen LogP contribution in [-0.2, 0) is 0 Å². The monoisotopic (exact) mass is 352 g/mol. The molecular weight excluding hydrogens is 332 g/mol. The standard InChI is InChI=1S/C19H20N4O3/c1-24-13-8-9-15(17(10-13)26-3)23-19-11-18(20-12-21-19)22-14-6-4-5-7-16(14)25-2/h4-12H,1-3H3,(H2,20,21,22,23). The van der Waals surface area contributed by atoms with E-state index in [-0.39, 0.29) is 0 Å². The van der Waals surface area contributed by atoms with Gasteiger partial charge in [-0.2, -0.15) is 0 Å². The molecule has 0 radical (unpaired) electrons. The van der Waals surface area contributed by atoms with Crippen molar-refractivity contribution in [3.05, 3.63) is 54.9 Å². The van der Waals surface area contributed by atoms with Crippen LogP contribution in [-0.4, -0.2) is 31.3 Å². The van der Waals surface area contributed by atoms with Crippen LogP contribution >= 0.6 is 0 Å². The molecule has 0 fully saturated rings. The fourth-order valence-corrected chi connectivity index (χ4v) is 2.42. The molecule has 0 aliphatic heterocycles. The predicted molar refractivity (Wildman–Crippen MR) is 101 cm³/mol. The predicted octanol–water partition coefficient (Wildman–Crippen LogP) is 3.99. The molecule has 2 aromatic carbocycles. The summed E-state index contributed by atoms with van der Waals surface area (Å²) in [5, 5.41) is 6.46. The third kappa shape index (κ3) is 3.94. The Kier molecular flexibility index (Phi) is 5.38. The van der Waals surface area contributed by atoms with Gasteiger partial charge in [0.1, 0.15) is 35.2 Å². The molecule has 1 aromatic heterocycles. The molecule has 0 atom stereocenters. The molecule has 7 nitrogen and oxygen atoms in total. The van der Waals surface area contributed by atoms with Crippen molar-refractivity contribution < 1.29 is 14.2 Å². The number of aromatic nitrogens is 2. The molecule has 0 amide bonds. The normalized spacial score (nSPS) is 10.1. The SMILES string of the molecule is COc1ccc(Nc2cc(Nc3ccccc3OC)ncn2)c(OC)c1. The number of anilines is 4. The number of nitrogens with zero attached hydrogens (tertiary/aromatic N) is 2. The van der Waals surface area contributed by atoms with E-state index < -0.39 is 0 Å². The lowest BCUT2D eigenvalue weighted by atomic mass is 10.2. The van der Waals surface area contributed by atoms with Crippen LogP contribution in [0.4, 0.5) is 23.0 Å². The molecule has 26 heavy (non-hydrogen) atoms. The average Bonchev–Trinajstić information content (AvgIpc) is 2.69. The van der Waals surface area contributed by atoms with Crippen molar-refractivity contribution in [2.75, 3.05) is 32.0 Å². The summed E-state index contributed by atoms with van der Waals surface area (Å²) in [6, 6.07) is 15.0. The summed E-state index contributed by atoms with van der Waals surface area (Å²) in [5.41, 5.74) is 1.59. The Hall–Kier alpha value is -3.48. The van der Waals surface area contributed by atoms with Crippen LogP contribution in [0.5, 0.6) is 17.2 Å². The fourth-order valence-electron chi connectivity index (χ4n) is 2.42. The van der Waals surface area contributed by atoms with E-state index in [1.54, 1.807) is 33.5 Å². The van der Waals surface area contributed by atoms with E-state index in [1.165, 1.54) is 6.33 Å². The lowest BCUT2D eigenvalue weighted by Gasteiger charge is -2.13. The van der Waals surface area contributed by atoms with Gasteiger partial charge in [0.15, 0.2) is 0 Å². The molecule has 134 valence electrons. The molecule has 0 saturated heterocycles. The van der Waals surface area contributed by atoms with Crippen molar-refractivity contribution in [2.45, 2.75) is 0 Å². The van der Waals surface area contributed by atoms with Gasteiger partial charge in [-0.05, 0) is 24.3 Å². The molecule has 0 spiro atoms. The van der Waals surface area contributed by atoms with Gasteiger partial charge >= 0.3 is 0 Å². The van der Waals surface area contributed by atoms with Crippen molar-refractivity contribution in [1.82, 2.24) is 9.97 Å². The van der Waals surface area contributed by atoms with E-state index >= 15 is 0 Å². The fraction of sp³-hybridized carbons (Fsp3) is 0.158. The van der Waals surface area contributed by atoms with E-state index in [4.69, 9.17) is 14.2 Å². The van der Waals surface area contributed by atoms with Crippen LogP contribution in [0, 0.1) is 0 Å². The highest BCUT2D eigenvalue weighted by Crippen LogP contribution is 2.32. The van der Waals surface area contributed by atoms with Crippen LogP contribution < -0.4 is 24.8 Å². The van der Waals surface area contributed by atoms with Gasteiger partial charge in [0.05, 0.1) is 32.7 Å². The van der Waals surface area contributed by atoms with Gasteiger partial charge in [-0.25, -0.2) is 9.97 Å². The molecule has 1 heterocycles. The molecule has 3 aromatic rings. The highest BCUT2D eigenvalue weighted by Gasteiger charge is 2.08. The Morgan fingerprint density at radius 3 is 2.00 bits per heavy atom. The number of rotatable bonds is 7. The minimum Gasteiger partial charge on any atom is -0.497 e. The number of nitrogens with one attached hydrogen (secondary N) is 2. The average molecular weight is 352 g/mol.